The van der Waals surface area contributed by atoms with Crippen LogP contribution < -0.4 is 0 Å². The van der Waals surface area contributed by atoms with Gasteiger partial charge in [0.25, 0.3) is 0 Å². The normalized spacial score (nSPS) is 23.8. The van der Waals surface area contributed by atoms with Gasteiger partial charge in [0.05, 0.1) is 6.04 Å². The van der Waals surface area contributed by atoms with Crippen LogP contribution in [0.25, 0.3) is 0 Å². The van der Waals surface area contributed by atoms with Crippen LogP contribution in [0.3, 0.4) is 0 Å². The molecule has 0 aromatic heterocycles. The van der Waals surface area contributed by atoms with Gasteiger partial charge in [0.2, 0.25) is 0 Å². The largest absolute Gasteiger partial charge is 0.298 e. The fourth-order valence-electron chi connectivity index (χ4n) is 1.70. The fourth-order valence-corrected chi connectivity index (χ4v) is 1.70. The topological polar surface area (TPSA) is 20.3 Å². The zero-order chi connectivity index (χ0) is 10.1. The molecule has 0 aliphatic carbocycles. The number of rotatable bonds is 2. The van der Waals surface area contributed by atoms with Gasteiger partial charge in [-0.15, -0.1) is 0 Å². The number of carbonyl (C=O) groups is 1. The van der Waals surface area contributed by atoms with E-state index in [1.54, 1.807) is 0 Å². The molecule has 0 fully saturated rings. The van der Waals surface area contributed by atoms with E-state index in [1.807, 2.05) is 13.0 Å². The second-order valence-corrected chi connectivity index (χ2v) is 4.52. The van der Waals surface area contributed by atoms with Crippen molar-refractivity contribution in [3.05, 3.63) is 12.2 Å². The Bertz CT molecular complexity index is 225. The van der Waals surface area contributed by atoms with E-state index in [0.717, 1.165) is 6.54 Å². The molecule has 2 heteroatoms. The van der Waals surface area contributed by atoms with Crippen molar-refractivity contribution in [2.24, 2.45) is 0 Å². The van der Waals surface area contributed by atoms with Crippen molar-refractivity contribution in [3.8, 4) is 0 Å². The number of carbonyl (C=O) groups excluding carboxylic acids is 1. The predicted molar refractivity (Wildman–Crippen MR) is 54.7 cm³/mol. The molecular weight excluding hydrogens is 162 g/mol. The van der Waals surface area contributed by atoms with Gasteiger partial charge in [0.15, 0.2) is 5.78 Å². The van der Waals surface area contributed by atoms with Crippen molar-refractivity contribution < 1.29 is 4.79 Å². The van der Waals surface area contributed by atoms with Gasteiger partial charge in [-0.3, -0.25) is 9.69 Å². The third-order valence-corrected chi connectivity index (χ3v) is 2.50. The van der Waals surface area contributed by atoms with E-state index in [4.69, 9.17) is 0 Å². The van der Waals surface area contributed by atoms with E-state index in [2.05, 4.69) is 31.7 Å². The highest BCUT2D eigenvalue weighted by Crippen LogP contribution is 2.22. The molecule has 0 radical (unpaired) electrons. The van der Waals surface area contributed by atoms with E-state index in [1.165, 1.54) is 0 Å². The predicted octanol–water partition coefficient (Wildman–Crippen LogP) is 2.00. The third-order valence-electron chi connectivity index (χ3n) is 2.50. The van der Waals surface area contributed by atoms with Crippen LogP contribution in [0, 0.1) is 0 Å². The SMILES string of the molecule is CCC(=O)C1C=CCN1C(C)(C)C. The smallest absolute Gasteiger partial charge is 0.153 e. The maximum atomic E-state index is 11.6. The molecule has 2 nitrogen and oxygen atoms in total. The highest BCUT2D eigenvalue weighted by Gasteiger charge is 2.32. The van der Waals surface area contributed by atoms with Gasteiger partial charge in [-0.2, -0.15) is 0 Å². The van der Waals surface area contributed by atoms with E-state index < -0.39 is 0 Å². The number of nitrogens with zero attached hydrogens (tertiary/aromatic N) is 1. The maximum Gasteiger partial charge on any atom is 0.153 e. The fraction of sp³-hybridized carbons (Fsp3) is 0.727. The summed E-state index contributed by atoms with van der Waals surface area (Å²) in [5, 5.41) is 0. The summed E-state index contributed by atoms with van der Waals surface area (Å²) in [5.74, 6) is 0.323. The summed E-state index contributed by atoms with van der Waals surface area (Å²) in [4.78, 5) is 13.8. The second kappa shape index (κ2) is 3.62. The molecule has 1 aliphatic heterocycles. The lowest BCUT2D eigenvalue weighted by Crippen LogP contribution is -2.48. The average molecular weight is 181 g/mol. The Labute approximate surface area is 80.6 Å². The van der Waals surface area contributed by atoms with E-state index >= 15 is 0 Å². The van der Waals surface area contributed by atoms with Crippen molar-refractivity contribution in [2.75, 3.05) is 6.54 Å². The summed E-state index contributed by atoms with van der Waals surface area (Å²) in [5.41, 5.74) is 0.0823. The average Bonchev–Trinajstić information content (AvgIpc) is 2.49. The zero-order valence-corrected chi connectivity index (χ0v) is 9.00. The van der Waals surface area contributed by atoms with E-state index in [9.17, 15) is 4.79 Å². The Balaban J connectivity index is 2.74. The van der Waals surface area contributed by atoms with Gasteiger partial charge in [-0.1, -0.05) is 19.1 Å². The number of ketones is 1. The minimum atomic E-state index is 0.0185. The Hall–Kier alpha value is -0.630. The number of hydrogen-bond donors (Lipinski definition) is 0. The number of Topliss-reactive ketones (excluding diaryl/α,β-unsaturated/α-hetero) is 1. The lowest BCUT2D eigenvalue weighted by Gasteiger charge is -2.36. The van der Waals surface area contributed by atoms with Crippen LogP contribution in [0.1, 0.15) is 34.1 Å². The van der Waals surface area contributed by atoms with Gasteiger partial charge in [0.1, 0.15) is 0 Å². The highest BCUT2D eigenvalue weighted by atomic mass is 16.1. The van der Waals surface area contributed by atoms with Gasteiger partial charge in [-0.05, 0) is 20.8 Å². The van der Waals surface area contributed by atoms with Crippen molar-refractivity contribution >= 4 is 5.78 Å². The Morgan fingerprint density at radius 2 is 2.15 bits per heavy atom. The van der Waals surface area contributed by atoms with Crippen LogP contribution in [0.5, 0.6) is 0 Å². The van der Waals surface area contributed by atoms with Gasteiger partial charge >= 0.3 is 0 Å². The summed E-state index contributed by atoms with van der Waals surface area (Å²) in [6, 6.07) is 0.0185. The van der Waals surface area contributed by atoms with Gasteiger partial charge < -0.3 is 0 Å². The van der Waals surface area contributed by atoms with Crippen molar-refractivity contribution in [1.29, 1.82) is 0 Å². The molecule has 1 heterocycles. The summed E-state index contributed by atoms with van der Waals surface area (Å²) in [7, 11) is 0. The molecule has 0 amide bonds. The highest BCUT2D eigenvalue weighted by molar-refractivity contribution is 5.86. The molecule has 1 rings (SSSR count). The summed E-state index contributed by atoms with van der Waals surface area (Å²) >= 11 is 0. The maximum absolute atomic E-state index is 11.6. The molecular formula is C11H19NO. The van der Waals surface area contributed by atoms with Crippen LogP contribution in [-0.4, -0.2) is 28.8 Å². The Morgan fingerprint density at radius 1 is 1.54 bits per heavy atom. The van der Waals surface area contributed by atoms with Crippen LogP contribution in [-0.2, 0) is 4.79 Å². The van der Waals surface area contributed by atoms with Crippen molar-refractivity contribution in [2.45, 2.75) is 45.7 Å². The molecule has 1 atom stereocenters. The quantitative estimate of drug-likeness (QED) is 0.607. The van der Waals surface area contributed by atoms with E-state index in [0.29, 0.717) is 12.2 Å². The standard InChI is InChI=1S/C11H19NO/c1-5-10(13)9-7-6-8-12(9)11(2,3)4/h6-7,9H,5,8H2,1-4H3. The molecule has 0 aromatic carbocycles. The molecule has 74 valence electrons. The third kappa shape index (κ3) is 2.19. The number of hydrogen-bond acceptors (Lipinski definition) is 2. The minimum absolute atomic E-state index is 0.0185. The summed E-state index contributed by atoms with van der Waals surface area (Å²) in [6.45, 7) is 9.27. The molecule has 0 N–H and O–H groups in total. The van der Waals surface area contributed by atoms with Crippen LogP contribution in [0.4, 0.5) is 0 Å². The lowest BCUT2D eigenvalue weighted by molar-refractivity contribution is -0.123. The molecule has 0 saturated carbocycles. The van der Waals surface area contributed by atoms with Gasteiger partial charge in [0, 0.05) is 18.5 Å². The Kier molecular flexibility index (Phi) is 2.91. The molecule has 0 aromatic rings. The molecule has 13 heavy (non-hydrogen) atoms. The van der Waals surface area contributed by atoms with Crippen LogP contribution in [0.15, 0.2) is 12.2 Å². The molecule has 1 aliphatic rings. The first kappa shape index (κ1) is 10.5. The van der Waals surface area contributed by atoms with E-state index in [-0.39, 0.29) is 11.6 Å². The first-order chi connectivity index (χ1) is 5.96. The lowest BCUT2D eigenvalue weighted by atomic mass is 10.0. The van der Waals surface area contributed by atoms with Crippen molar-refractivity contribution in [1.82, 2.24) is 4.90 Å². The molecule has 0 saturated heterocycles. The van der Waals surface area contributed by atoms with Gasteiger partial charge in [-0.25, -0.2) is 0 Å². The molecule has 0 spiro atoms. The zero-order valence-electron chi connectivity index (χ0n) is 9.00. The minimum Gasteiger partial charge on any atom is -0.298 e. The second-order valence-electron chi connectivity index (χ2n) is 4.52. The first-order valence-electron chi connectivity index (χ1n) is 4.93. The van der Waals surface area contributed by atoms with Crippen LogP contribution >= 0.6 is 0 Å². The summed E-state index contributed by atoms with van der Waals surface area (Å²) in [6.07, 6.45) is 4.74. The molecule has 0 bridgehead atoms. The first-order valence-corrected chi connectivity index (χ1v) is 4.93. The molecule has 1 unspecified atom stereocenters. The van der Waals surface area contributed by atoms with Crippen LogP contribution in [0.2, 0.25) is 0 Å². The monoisotopic (exact) mass is 181 g/mol. The van der Waals surface area contributed by atoms with Crippen molar-refractivity contribution in [3.63, 3.8) is 0 Å². The summed E-state index contributed by atoms with van der Waals surface area (Å²) < 4.78 is 0. The Morgan fingerprint density at radius 3 is 2.62 bits per heavy atom.